The Bertz CT molecular complexity index is 1020. The average Bonchev–Trinajstić information content (AvgIpc) is 3.00. The third-order valence-corrected chi connectivity index (χ3v) is 4.18. The van der Waals surface area contributed by atoms with Gasteiger partial charge in [-0.05, 0) is 24.3 Å². The molecule has 1 aromatic carbocycles. The summed E-state index contributed by atoms with van der Waals surface area (Å²) in [6.07, 6.45) is 5.02. The Kier molecular flexibility index (Phi) is 5.35. The third kappa shape index (κ3) is 4.22. The second-order valence-corrected chi connectivity index (χ2v) is 6.04. The van der Waals surface area contributed by atoms with E-state index in [1.807, 2.05) is 0 Å². The number of nitrogens with one attached hydrogen (secondary N) is 2. The van der Waals surface area contributed by atoms with Crippen molar-refractivity contribution >= 4 is 5.91 Å². The average molecular weight is 369 g/mol. The molecule has 0 unspecified atom stereocenters. The van der Waals surface area contributed by atoms with E-state index in [-0.39, 0.29) is 24.6 Å². The van der Waals surface area contributed by atoms with Crippen molar-refractivity contribution in [3.63, 3.8) is 0 Å². The molecule has 0 bridgehead atoms. The first kappa shape index (κ1) is 18.4. The lowest BCUT2D eigenvalue weighted by atomic mass is 10.1. The number of hydrogen-bond donors (Lipinski definition) is 2. The predicted octanol–water partition coefficient (Wildman–Crippen LogP) is 1.83. The fraction of sp³-hybridized carbons (Fsp3) is 0.211. The van der Waals surface area contributed by atoms with Crippen molar-refractivity contribution in [3.8, 4) is 5.75 Å². The number of imidazole rings is 1. The molecule has 0 spiro atoms. The van der Waals surface area contributed by atoms with Gasteiger partial charge in [-0.2, -0.15) is 0 Å². The monoisotopic (exact) mass is 369 g/mol. The number of aromatic nitrogens is 3. The van der Waals surface area contributed by atoms with Crippen molar-refractivity contribution in [2.75, 3.05) is 7.11 Å². The van der Waals surface area contributed by atoms with Gasteiger partial charge >= 0.3 is 0 Å². The van der Waals surface area contributed by atoms with Crippen LogP contribution >= 0.6 is 0 Å². The molecule has 1 amide bonds. The molecule has 0 aliphatic heterocycles. The molecule has 0 saturated heterocycles. The van der Waals surface area contributed by atoms with Crippen molar-refractivity contribution in [2.45, 2.75) is 13.1 Å². The Morgan fingerprint density at radius 3 is 2.81 bits per heavy atom. The van der Waals surface area contributed by atoms with E-state index >= 15 is 0 Å². The highest BCUT2D eigenvalue weighted by Crippen LogP contribution is 2.13. The molecule has 3 rings (SSSR count). The van der Waals surface area contributed by atoms with E-state index in [0.29, 0.717) is 22.6 Å². The first-order valence-electron chi connectivity index (χ1n) is 8.30. The lowest BCUT2D eigenvalue weighted by Gasteiger charge is -2.09. The molecule has 3 aromatic rings. The summed E-state index contributed by atoms with van der Waals surface area (Å²) in [5.74, 6) is -0.0915. The molecule has 27 heavy (non-hydrogen) atoms. The number of methoxy groups -OCH3 is 1. The van der Waals surface area contributed by atoms with Gasteiger partial charge in [-0.1, -0.05) is 0 Å². The van der Waals surface area contributed by atoms with Crippen LogP contribution in [0.2, 0.25) is 0 Å². The Morgan fingerprint density at radius 1 is 1.30 bits per heavy atom. The second kappa shape index (κ2) is 7.86. The van der Waals surface area contributed by atoms with Gasteiger partial charge < -0.3 is 19.2 Å². The molecule has 2 aromatic heterocycles. The van der Waals surface area contributed by atoms with Gasteiger partial charge in [0, 0.05) is 42.8 Å². The normalized spacial score (nSPS) is 10.6. The maximum absolute atomic E-state index is 14.2. The molecule has 0 fully saturated rings. The van der Waals surface area contributed by atoms with E-state index in [1.165, 1.54) is 18.2 Å². The number of ether oxygens (including phenoxy) is 1. The van der Waals surface area contributed by atoms with Crippen LogP contribution in [0.5, 0.6) is 5.75 Å². The molecule has 0 atom stereocenters. The Labute approximate surface area is 155 Å². The van der Waals surface area contributed by atoms with Crippen LogP contribution in [0.1, 0.15) is 21.6 Å². The Morgan fingerprint density at radius 2 is 2.11 bits per heavy atom. The number of benzene rings is 1. The van der Waals surface area contributed by atoms with E-state index in [1.54, 1.807) is 54.0 Å². The van der Waals surface area contributed by atoms with Gasteiger partial charge in [0.15, 0.2) is 0 Å². The quantitative estimate of drug-likeness (QED) is 0.695. The lowest BCUT2D eigenvalue weighted by Crippen LogP contribution is -2.25. The van der Waals surface area contributed by atoms with Crippen molar-refractivity contribution < 1.29 is 13.9 Å². The molecule has 140 valence electrons. The van der Waals surface area contributed by atoms with Crippen LogP contribution in [-0.4, -0.2) is 27.1 Å². The number of rotatable bonds is 6. The predicted molar refractivity (Wildman–Crippen MR) is 96.7 cm³/mol. The molecule has 2 N–H and O–H groups in total. The van der Waals surface area contributed by atoms with E-state index in [9.17, 15) is 9.18 Å². The molecule has 2 heterocycles. The molecule has 7 nitrogen and oxygen atoms in total. The first-order chi connectivity index (χ1) is 13.0. The molecule has 0 aliphatic rings. The minimum atomic E-state index is -0.420. The van der Waals surface area contributed by atoms with Crippen LogP contribution in [0.3, 0.4) is 0 Å². The third-order valence-electron chi connectivity index (χ3n) is 4.18. The molecule has 8 heteroatoms. The topological polar surface area (TPSA) is 84.9 Å². The van der Waals surface area contributed by atoms with Crippen molar-refractivity contribution in [1.29, 1.82) is 5.41 Å². The summed E-state index contributed by atoms with van der Waals surface area (Å²) >= 11 is 0. The smallest absolute Gasteiger partial charge is 0.251 e. The summed E-state index contributed by atoms with van der Waals surface area (Å²) in [7, 11) is 3.30. The van der Waals surface area contributed by atoms with Crippen LogP contribution in [0.4, 0.5) is 4.39 Å². The van der Waals surface area contributed by atoms with Crippen LogP contribution in [0, 0.1) is 11.2 Å². The number of carbonyl (C=O) groups is 1. The minimum absolute atomic E-state index is 0.171. The standard InChI is InChI=1S/C19H20FN5O2/c1-24-7-8-25(19(24)21)12-14-9-13(3-4-17(14)20)18(26)23-11-15-10-16(27-2)5-6-22-15/h3-10,21H,11-12H2,1-2H3,(H,23,26). The SMILES string of the molecule is COc1ccnc(CNC(=O)c2ccc(F)c(Cn3ccn(C)c3=N)c2)c1. The number of pyridine rings is 1. The fourth-order valence-electron chi connectivity index (χ4n) is 2.63. The molecule has 0 saturated carbocycles. The van der Waals surface area contributed by atoms with Gasteiger partial charge in [0.1, 0.15) is 11.6 Å². The van der Waals surface area contributed by atoms with Crippen LogP contribution in [0.15, 0.2) is 48.9 Å². The highest BCUT2D eigenvalue weighted by Gasteiger charge is 2.11. The van der Waals surface area contributed by atoms with E-state index in [2.05, 4.69) is 10.3 Å². The number of hydrogen-bond acceptors (Lipinski definition) is 4. The van der Waals surface area contributed by atoms with Crippen molar-refractivity contribution in [2.24, 2.45) is 7.05 Å². The van der Waals surface area contributed by atoms with Crippen molar-refractivity contribution in [1.82, 2.24) is 19.4 Å². The maximum atomic E-state index is 14.2. The summed E-state index contributed by atoms with van der Waals surface area (Å²) in [6, 6.07) is 7.66. The van der Waals surface area contributed by atoms with Crippen LogP contribution in [-0.2, 0) is 20.1 Å². The number of amides is 1. The molecular formula is C19H20FN5O2. The lowest BCUT2D eigenvalue weighted by molar-refractivity contribution is 0.0950. The van der Waals surface area contributed by atoms with Crippen molar-refractivity contribution in [3.05, 3.63) is 77.2 Å². The summed E-state index contributed by atoms with van der Waals surface area (Å²) < 4.78 is 22.5. The second-order valence-electron chi connectivity index (χ2n) is 6.04. The number of nitrogens with zero attached hydrogens (tertiary/aromatic N) is 3. The van der Waals surface area contributed by atoms with Gasteiger partial charge in [-0.15, -0.1) is 0 Å². The number of carbonyl (C=O) groups excluding carboxylic acids is 1. The highest BCUT2D eigenvalue weighted by molar-refractivity contribution is 5.94. The summed E-state index contributed by atoms with van der Waals surface area (Å²) in [5, 5.41) is 10.7. The van der Waals surface area contributed by atoms with Crippen LogP contribution < -0.4 is 15.7 Å². The fourth-order valence-corrected chi connectivity index (χ4v) is 2.63. The van der Waals surface area contributed by atoms with Gasteiger partial charge in [0.05, 0.1) is 25.9 Å². The van der Waals surface area contributed by atoms with Gasteiger partial charge in [-0.25, -0.2) is 4.39 Å². The maximum Gasteiger partial charge on any atom is 0.251 e. The zero-order chi connectivity index (χ0) is 19.4. The van der Waals surface area contributed by atoms with E-state index in [0.717, 1.165) is 0 Å². The summed E-state index contributed by atoms with van der Waals surface area (Å²) in [4.78, 5) is 16.6. The van der Waals surface area contributed by atoms with Gasteiger partial charge in [0.25, 0.3) is 5.91 Å². The molecule has 0 radical (unpaired) electrons. The van der Waals surface area contributed by atoms with Gasteiger partial charge in [-0.3, -0.25) is 15.2 Å². The van der Waals surface area contributed by atoms with E-state index in [4.69, 9.17) is 10.1 Å². The Hall–Kier alpha value is -3.42. The summed E-state index contributed by atoms with van der Waals surface area (Å²) in [5.41, 5.74) is 1.58. The van der Waals surface area contributed by atoms with Crippen LogP contribution in [0.25, 0.3) is 0 Å². The molecule has 0 aliphatic carbocycles. The molecular weight excluding hydrogens is 349 g/mol. The summed E-state index contributed by atoms with van der Waals surface area (Å²) in [6.45, 7) is 0.400. The largest absolute Gasteiger partial charge is 0.497 e. The Balaban J connectivity index is 1.73. The zero-order valence-corrected chi connectivity index (χ0v) is 15.1. The minimum Gasteiger partial charge on any atom is -0.497 e. The number of halogens is 1. The van der Waals surface area contributed by atoms with E-state index < -0.39 is 5.82 Å². The highest BCUT2D eigenvalue weighted by atomic mass is 19.1. The zero-order valence-electron chi connectivity index (χ0n) is 15.1. The number of aryl methyl sites for hydroxylation is 1. The van der Waals surface area contributed by atoms with Gasteiger partial charge in [0.2, 0.25) is 5.62 Å². The first-order valence-corrected chi connectivity index (χ1v) is 8.30.